The second kappa shape index (κ2) is 7.86. The average molecular weight is 327 g/mol. The molecule has 1 aromatic heterocycles. The Morgan fingerprint density at radius 2 is 2.21 bits per heavy atom. The first-order valence-electron chi connectivity index (χ1n) is 8.56. The lowest BCUT2D eigenvalue weighted by Crippen LogP contribution is -2.45. The molecular weight excluding hydrogens is 302 g/mol. The summed E-state index contributed by atoms with van der Waals surface area (Å²) in [6.07, 6.45) is 7.45. The van der Waals surface area contributed by atoms with Gasteiger partial charge in [-0.2, -0.15) is 0 Å². The molecule has 1 aliphatic rings. The van der Waals surface area contributed by atoms with E-state index in [1.807, 2.05) is 10.8 Å². The molecule has 0 unspecified atom stereocenters. The van der Waals surface area contributed by atoms with Gasteiger partial charge >= 0.3 is 6.03 Å². The van der Waals surface area contributed by atoms with Crippen molar-refractivity contribution in [1.29, 1.82) is 0 Å². The van der Waals surface area contributed by atoms with Gasteiger partial charge < -0.3 is 20.1 Å². The highest BCUT2D eigenvalue weighted by molar-refractivity contribution is 5.73. The summed E-state index contributed by atoms with van der Waals surface area (Å²) in [4.78, 5) is 18.3. The van der Waals surface area contributed by atoms with Gasteiger partial charge in [0.1, 0.15) is 0 Å². The molecule has 2 N–H and O–H groups in total. The Hall–Kier alpha value is -2.50. The predicted molar refractivity (Wildman–Crippen MR) is 95.2 cm³/mol. The molecule has 2 heterocycles. The summed E-state index contributed by atoms with van der Waals surface area (Å²) in [6.45, 7) is 5.34. The number of urea groups is 1. The molecular formula is C18H25N5O. The van der Waals surface area contributed by atoms with Crippen LogP contribution in [0.2, 0.25) is 0 Å². The normalized spacial score (nSPS) is 14.3. The van der Waals surface area contributed by atoms with Crippen LogP contribution in [0.4, 0.5) is 10.5 Å². The number of carbonyl (C=O) groups excluding carboxylic acids is 1. The molecule has 3 rings (SSSR count). The summed E-state index contributed by atoms with van der Waals surface area (Å²) in [5.74, 6) is 0. The first kappa shape index (κ1) is 16.4. The van der Waals surface area contributed by atoms with E-state index in [-0.39, 0.29) is 12.1 Å². The first-order valence-corrected chi connectivity index (χ1v) is 8.56. The Morgan fingerprint density at radius 3 is 3.04 bits per heavy atom. The smallest absolute Gasteiger partial charge is 0.314 e. The minimum atomic E-state index is -0.0973. The molecule has 2 amide bonds. The number of nitrogens with one attached hydrogen (secondary N) is 2. The van der Waals surface area contributed by atoms with Gasteiger partial charge in [-0.25, -0.2) is 9.78 Å². The van der Waals surface area contributed by atoms with Gasteiger partial charge in [0.25, 0.3) is 0 Å². The van der Waals surface area contributed by atoms with Crippen molar-refractivity contribution in [1.82, 2.24) is 20.2 Å². The molecule has 0 aliphatic carbocycles. The van der Waals surface area contributed by atoms with E-state index in [2.05, 4.69) is 51.7 Å². The highest BCUT2D eigenvalue weighted by atomic mass is 16.2. The second-order valence-corrected chi connectivity index (χ2v) is 6.21. The van der Waals surface area contributed by atoms with E-state index in [1.54, 1.807) is 12.5 Å². The van der Waals surface area contributed by atoms with Gasteiger partial charge in [-0.15, -0.1) is 0 Å². The van der Waals surface area contributed by atoms with Crippen LogP contribution in [0, 0.1) is 0 Å². The summed E-state index contributed by atoms with van der Waals surface area (Å²) in [6, 6.07) is 8.69. The molecule has 0 bridgehead atoms. The van der Waals surface area contributed by atoms with Crippen molar-refractivity contribution in [3.05, 3.63) is 48.5 Å². The highest BCUT2D eigenvalue weighted by Crippen LogP contribution is 2.28. The standard InChI is InChI=1S/C18H25N5O/c1-15(23-11-7-16-5-2-3-6-17(16)23)13-21-18(24)20-8-4-10-22-12-9-19-14-22/h2-3,5-6,9,12,14-15H,4,7-8,10-11,13H2,1H3,(H2,20,21,24)/t15-/m0/s1. The van der Waals surface area contributed by atoms with E-state index in [9.17, 15) is 4.79 Å². The van der Waals surface area contributed by atoms with Crippen LogP contribution in [0.15, 0.2) is 43.0 Å². The predicted octanol–water partition coefficient (Wildman–Crippen LogP) is 2.02. The van der Waals surface area contributed by atoms with E-state index >= 15 is 0 Å². The first-order chi connectivity index (χ1) is 11.7. The number of aromatic nitrogens is 2. The Bertz CT molecular complexity index is 655. The van der Waals surface area contributed by atoms with Crippen LogP contribution < -0.4 is 15.5 Å². The number of aryl methyl sites for hydroxylation is 1. The van der Waals surface area contributed by atoms with Crippen molar-refractivity contribution in [3.8, 4) is 0 Å². The van der Waals surface area contributed by atoms with Crippen LogP contribution in [-0.4, -0.2) is 41.3 Å². The molecule has 24 heavy (non-hydrogen) atoms. The van der Waals surface area contributed by atoms with E-state index in [0.29, 0.717) is 13.1 Å². The van der Waals surface area contributed by atoms with Crippen molar-refractivity contribution in [2.24, 2.45) is 0 Å². The van der Waals surface area contributed by atoms with E-state index in [1.165, 1.54) is 11.3 Å². The number of nitrogens with zero attached hydrogens (tertiary/aromatic N) is 3. The molecule has 6 heteroatoms. The maximum absolute atomic E-state index is 11.9. The number of amides is 2. The number of hydrogen-bond acceptors (Lipinski definition) is 3. The topological polar surface area (TPSA) is 62.2 Å². The lowest BCUT2D eigenvalue weighted by Gasteiger charge is -2.27. The number of para-hydroxylation sites is 1. The van der Waals surface area contributed by atoms with Gasteiger partial charge in [0, 0.05) is 50.3 Å². The Kier molecular flexibility index (Phi) is 5.36. The molecule has 1 aliphatic heterocycles. The summed E-state index contributed by atoms with van der Waals surface area (Å²) in [5.41, 5.74) is 2.70. The number of fused-ring (bicyclic) bond motifs is 1. The van der Waals surface area contributed by atoms with Gasteiger partial charge in [0.05, 0.1) is 6.33 Å². The molecule has 0 saturated carbocycles. The largest absolute Gasteiger partial charge is 0.366 e. The van der Waals surface area contributed by atoms with Gasteiger partial charge in [-0.05, 0) is 31.4 Å². The third-order valence-electron chi connectivity index (χ3n) is 4.45. The average Bonchev–Trinajstić information content (AvgIpc) is 3.26. The maximum Gasteiger partial charge on any atom is 0.314 e. The minimum absolute atomic E-state index is 0.0973. The Labute approximate surface area is 142 Å². The van der Waals surface area contributed by atoms with Crippen LogP contribution >= 0.6 is 0 Å². The zero-order valence-electron chi connectivity index (χ0n) is 14.1. The fourth-order valence-corrected chi connectivity index (χ4v) is 3.12. The third kappa shape index (κ3) is 4.07. The number of hydrogen-bond donors (Lipinski definition) is 2. The van der Waals surface area contributed by atoms with Crippen molar-refractivity contribution in [3.63, 3.8) is 0 Å². The van der Waals surface area contributed by atoms with Crippen LogP contribution in [0.3, 0.4) is 0 Å². The highest BCUT2D eigenvalue weighted by Gasteiger charge is 2.22. The van der Waals surface area contributed by atoms with Gasteiger partial charge in [-0.3, -0.25) is 0 Å². The molecule has 0 saturated heterocycles. The van der Waals surface area contributed by atoms with Crippen LogP contribution in [0.25, 0.3) is 0 Å². The van der Waals surface area contributed by atoms with Crippen LogP contribution in [0.5, 0.6) is 0 Å². The summed E-state index contributed by atoms with van der Waals surface area (Å²) >= 11 is 0. The molecule has 6 nitrogen and oxygen atoms in total. The molecule has 1 aromatic carbocycles. The zero-order valence-corrected chi connectivity index (χ0v) is 14.1. The Balaban J connectivity index is 1.35. The van der Waals surface area contributed by atoms with Crippen LogP contribution in [0.1, 0.15) is 18.9 Å². The van der Waals surface area contributed by atoms with Crippen LogP contribution in [-0.2, 0) is 13.0 Å². The van der Waals surface area contributed by atoms with Crippen molar-refractivity contribution < 1.29 is 4.79 Å². The molecule has 1 atom stereocenters. The quantitative estimate of drug-likeness (QED) is 0.765. The van der Waals surface area contributed by atoms with E-state index < -0.39 is 0 Å². The molecule has 0 fully saturated rings. The fourth-order valence-electron chi connectivity index (χ4n) is 3.12. The summed E-state index contributed by atoms with van der Waals surface area (Å²) in [7, 11) is 0. The molecule has 128 valence electrons. The minimum Gasteiger partial charge on any atom is -0.366 e. The Morgan fingerprint density at radius 1 is 1.33 bits per heavy atom. The zero-order chi connectivity index (χ0) is 16.8. The maximum atomic E-state index is 11.9. The van der Waals surface area contributed by atoms with Crippen molar-refractivity contribution in [2.45, 2.75) is 32.4 Å². The summed E-state index contributed by atoms with van der Waals surface area (Å²) < 4.78 is 2.01. The van der Waals surface area contributed by atoms with E-state index in [4.69, 9.17) is 0 Å². The monoisotopic (exact) mass is 327 g/mol. The summed E-state index contributed by atoms with van der Waals surface area (Å²) in [5, 5.41) is 5.88. The third-order valence-corrected chi connectivity index (χ3v) is 4.45. The lowest BCUT2D eigenvalue weighted by atomic mass is 10.2. The fraction of sp³-hybridized carbons (Fsp3) is 0.444. The SMILES string of the molecule is C[C@@H](CNC(=O)NCCCn1ccnc1)N1CCc2ccccc21. The van der Waals surface area contributed by atoms with Gasteiger partial charge in [-0.1, -0.05) is 18.2 Å². The number of carbonyl (C=O) groups is 1. The van der Waals surface area contributed by atoms with Gasteiger partial charge in [0.15, 0.2) is 0 Å². The number of imidazole rings is 1. The number of benzene rings is 1. The molecule has 2 aromatic rings. The second-order valence-electron chi connectivity index (χ2n) is 6.21. The number of rotatable bonds is 7. The molecule has 0 spiro atoms. The van der Waals surface area contributed by atoms with Gasteiger partial charge in [0.2, 0.25) is 0 Å². The molecule has 0 radical (unpaired) electrons. The van der Waals surface area contributed by atoms with Crippen molar-refractivity contribution in [2.75, 3.05) is 24.5 Å². The van der Waals surface area contributed by atoms with Crippen molar-refractivity contribution >= 4 is 11.7 Å². The lowest BCUT2D eigenvalue weighted by molar-refractivity contribution is 0.240. The van der Waals surface area contributed by atoms with E-state index in [0.717, 1.165) is 25.9 Å². The number of anilines is 1.